The number of carbonyl (C=O) groups is 3. The third-order valence-corrected chi connectivity index (χ3v) is 7.86. The van der Waals surface area contributed by atoms with Gasteiger partial charge in [0.2, 0.25) is 5.91 Å². The Morgan fingerprint density at radius 1 is 1.09 bits per heavy atom. The number of alkyl carbamates (subject to hydrolysis) is 1. The molecule has 1 aliphatic carbocycles. The summed E-state index contributed by atoms with van der Waals surface area (Å²) in [5.41, 5.74) is 4.74. The normalized spacial score (nSPS) is 17.9. The van der Waals surface area contributed by atoms with Crippen LogP contribution in [0.1, 0.15) is 43.2 Å². The summed E-state index contributed by atoms with van der Waals surface area (Å²) in [4.78, 5) is 37.8. The Balaban J connectivity index is 1.18. The highest BCUT2D eigenvalue weighted by atomic mass is 32.2. The Bertz CT molecular complexity index is 1030. The van der Waals surface area contributed by atoms with E-state index >= 15 is 0 Å². The van der Waals surface area contributed by atoms with Gasteiger partial charge < -0.3 is 20.1 Å². The number of nitrogens with one attached hydrogen (secondary N) is 1. The van der Waals surface area contributed by atoms with Gasteiger partial charge in [-0.05, 0) is 41.0 Å². The molecule has 2 unspecified atom stereocenters. The summed E-state index contributed by atoms with van der Waals surface area (Å²) in [7, 11) is 0. The molecule has 2 amide bonds. The number of nitrogens with zero attached hydrogens (tertiary/aromatic N) is 1. The number of hydrogen-bond acceptors (Lipinski definition) is 5. The summed E-state index contributed by atoms with van der Waals surface area (Å²) in [5.74, 6) is 0.423. The summed E-state index contributed by atoms with van der Waals surface area (Å²) in [6, 6.07) is 15.7. The summed E-state index contributed by atoms with van der Waals surface area (Å²) >= 11 is 1.57. The molecule has 0 radical (unpaired) electrons. The first-order chi connectivity index (χ1) is 17.0. The molecule has 1 aliphatic heterocycles. The smallest absolute Gasteiger partial charge is 0.407 e. The van der Waals surface area contributed by atoms with E-state index in [2.05, 4.69) is 29.6 Å². The van der Waals surface area contributed by atoms with E-state index in [0.29, 0.717) is 31.7 Å². The van der Waals surface area contributed by atoms with Crippen molar-refractivity contribution in [2.75, 3.05) is 31.2 Å². The maximum Gasteiger partial charge on any atom is 0.407 e. The number of aliphatic carboxylic acids is 1. The Kier molecular flexibility index (Phi) is 8.33. The highest BCUT2D eigenvalue weighted by Crippen LogP contribution is 2.44. The lowest BCUT2D eigenvalue weighted by atomic mass is 9.98. The van der Waals surface area contributed by atoms with Crippen molar-refractivity contribution in [3.05, 3.63) is 59.7 Å². The number of amides is 2. The monoisotopic (exact) mass is 496 g/mol. The second-order valence-corrected chi connectivity index (χ2v) is 10.4. The van der Waals surface area contributed by atoms with Gasteiger partial charge in [0.1, 0.15) is 12.6 Å². The minimum atomic E-state index is -0.939. The van der Waals surface area contributed by atoms with E-state index in [0.717, 1.165) is 12.2 Å². The lowest BCUT2D eigenvalue weighted by Crippen LogP contribution is -2.50. The van der Waals surface area contributed by atoms with Crippen molar-refractivity contribution in [1.29, 1.82) is 0 Å². The van der Waals surface area contributed by atoms with Crippen LogP contribution in [0.25, 0.3) is 11.1 Å². The SMILES string of the molecule is CC(CCNC(=O)OCC1c2ccccc2-c2ccccc21)CCC(=O)N1CCSCC1C(=O)O. The van der Waals surface area contributed by atoms with Gasteiger partial charge in [-0.2, -0.15) is 11.8 Å². The van der Waals surface area contributed by atoms with Crippen molar-refractivity contribution in [3.8, 4) is 11.1 Å². The van der Waals surface area contributed by atoms with E-state index in [-0.39, 0.29) is 24.3 Å². The standard InChI is InChI=1S/C27H32N2O5S/c1-18(10-11-25(30)29-14-15-35-17-24(29)26(31)32)12-13-28-27(33)34-16-23-21-8-4-2-6-19(21)20-7-3-5-9-22(20)23/h2-9,18,23-24H,10-17H2,1H3,(H,28,33)(H,31,32). The highest BCUT2D eigenvalue weighted by molar-refractivity contribution is 7.99. The molecule has 1 fully saturated rings. The molecule has 7 nitrogen and oxygen atoms in total. The first-order valence-corrected chi connectivity index (χ1v) is 13.3. The molecule has 0 spiro atoms. The van der Waals surface area contributed by atoms with E-state index in [1.807, 2.05) is 31.2 Å². The van der Waals surface area contributed by atoms with Gasteiger partial charge in [-0.3, -0.25) is 4.79 Å². The molecule has 1 saturated heterocycles. The van der Waals surface area contributed by atoms with E-state index in [9.17, 15) is 19.5 Å². The number of carbonyl (C=O) groups excluding carboxylic acids is 2. The van der Waals surface area contributed by atoms with Gasteiger partial charge in [-0.15, -0.1) is 0 Å². The lowest BCUT2D eigenvalue weighted by molar-refractivity contribution is -0.149. The molecule has 8 heteroatoms. The second-order valence-electron chi connectivity index (χ2n) is 9.20. The van der Waals surface area contributed by atoms with Crippen molar-refractivity contribution in [3.63, 3.8) is 0 Å². The van der Waals surface area contributed by atoms with Gasteiger partial charge in [-0.25, -0.2) is 9.59 Å². The van der Waals surface area contributed by atoms with E-state index in [4.69, 9.17) is 4.74 Å². The third kappa shape index (κ3) is 5.99. The van der Waals surface area contributed by atoms with Crippen molar-refractivity contribution in [1.82, 2.24) is 10.2 Å². The number of thioether (sulfide) groups is 1. The van der Waals surface area contributed by atoms with Crippen molar-refractivity contribution < 1.29 is 24.2 Å². The van der Waals surface area contributed by atoms with Crippen LogP contribution in [0, 0.1) is 5.92 Å². The van der Waals surface area contributed by atoms with Crippen LogP contribution in [0.15, 0.2) is 48.5 Å². The van der Waals surface area contributed by atoms with Crippen LogP contribution in [0.4, 0.5) is 4.79 Å². The summed E-state index contributed by atoms with van der Waals surface area (Å²) in [6.45, 7) is 3.26. The van der Waals surface area contributed by atoms with E-state index in [1.54, 1.807) is 11.8 Å². The number of carboxylic acids is 1. The van der Waals surface area contributed by atoms with Crippen molar-refractivity contribution in [2.45, 2.75) is 38.1 Å². The van der Waals surface area contributed by atoms with Gasteiger partial charge in [0.25, 0.3) is 0 Å². The number of rotatable bonds is 9. The van der Waals surface area contributed by atoms with Crippen LogP contribution >= 0.6 is 11.8 Å². The van der Waals surface area contributed by atoms with Crippen LogP contribution in [-0.2, 0) is 14.3 Å². The largest absolute Gasteiger partial charge is 0.480 e. The maximum absolute atomic E-state index is 12.5. The van der Waals surface area contributed by atoms with Crippen molar-refractivity contribution in [2.24, 2.45) is 5.92 Å². The third-order valence-electron chi connectivity index (χ3n) is 6.84. The predicted octanol–water partition coefficient (Wildman–Crippen LogP) is 4.36. The number of carboxylic acid groups (broad SMARTS) is 1. The summed E-state index contributed by atoms with van der Waals surface area (Å²) in [6.07, 6.45) is 1.25. The van der Waals surface area contributed by atoms with Gasteiger partial charge in [0.05, 0.1) is 0 Å². The van der Waals surface area contributed by atoms with Gasteiger partial charge in [-0.1, -0.05) is 55.5 Å². The predicted molar refractivity (Wildman–Crippen MR) is 137 cm³/mol. The number of ether oxygens (including phenoxy) is 1. The molecule has 0 saturated carbocycles. The number of fused-ring (bicyclic) bond motifs is 3. The first kappa shape index (κ1) is 25.1. The fraction of sp³-hybridized carbons (Fsp3) is 0.444. The summed E-state index contributed by atoms with van der Waals surface area (Å²) < 4.78 is 5.56. The molecule has 0 aromatic heterocycles. The zero-order chi connectivity index (χ0) is 24.8. The second kappa shape index (κ2) is 11.6. The molecule has 2 aromatic rings. The van der Waals surface area contributed by atoms with Crippen LogP contribution < -0.4 is 5.32 Å². The minimum absolute atomic E-state index is 0.0286. The number of hydrogen-bond donors (Lipinski definition) is 2. The summed E-state index contributed by atoms with van der Waals surface area (Å²) in [5, 5.41) is 12.2. The highest BCUT2D eigenvalue weighted by Gasteiger charge is 2.32. The van der Waals surface area contributed by atoms with Crippen LogP contribution in [0.2, 0.25) is 0 Å². The van der Waals surface area contributed by atoms with E-state index in [1.165, 1.54) is 27.2 Å². The molecule has 186 valence electrons. The topological polar surface area (TPSA) is 95.9 Å². The molecule has 2 atom stereocenters. The van der Waals surface area contributed by atoms with Gasteiger partial charge in [0, 0.05) is 36.9 Å². The zero-order valence-electron chi connectivity index (χ0n) is 19.9. The molecule has 35 heavy (non-hydrogen) atoms. The minimum Gasteiger partial charge on any atom is -0.480 e. The first-order valence-electron chi connectivity index (χ1n) is 12.1. The van der Waals surface area contributed by atoms with Crippen LogP contribution in [0.3, 0.4) is 0 Å². The Morgan fingerprint density at radius 2 is 1.74 bits per heavy atom. The average Bonchev–Trinajstić information content (AvgIpc) is 3.19. The molecule has 1 heterocycles. The Hall–Kier alpha value is -3.00. The average molecular weight is 497 g/mol. The molecule has 2 aliphatic rings. The molecular formula is C27H32N2O5S. The number of benzene rings is 2. The molecule has 0 bridgehead atoms. The van der Waals surface area contributed by atoms with Gasteiger partial charge in [0.15, 0.2) is 0 Å². The quantitative estimate of drug-likeness (QED) is 0.536. The molecule has 4 rings (SSSR count). The van der Waals surface area contributed by atoms with E-state index < -0.39 is 18.1 Å². The Labute approximate surface area is 210 Å². The van der Waals surface area contributed by atoms with Crippen LogP contribution in [-0.4, -0.2) is 65.2 Å². The van der Waals surface area contributed by atoms with Crippen molar-refractivity contribution >= 4 is 29.7 Å². The fourth-order valence-corrected chi connectivity index (χ4v) is 5.87. The Morgan fingerprint density at radius 3 is 2.40 bits per heavy atom. The maximum atomic E-state index is 12.5. The van der Waals surface area contributed by atoms with Gasteiger partial charge >= 0.3 is 12.1 Å². The van der Waals surface area contributed by atoms with Crippen LogP contribution in [0.5, 0.6) is 0 Å². The zero-order valence-corrected chi connectivity index (χ0v) is 20.8. The lowest BCUT2D eigenvalue weighted by Gasteiger charge is -2.32. The molecular weight excluding hydrogens is 464 g/mol. The molecule has 2 N–H and O–H groups in total. The fourth-order valence-electron chi connectivity index (χ4n) is 4.83. The molecule has 2 aromatic carbocycles.